The quantitative estimate of drug-likeness (QED) is 0.177. The normalized spacial score (nSPS) is 11.9. The van der Waals surface area contributed by atoms with Gasteiger partial charge in [0.1, 0.15) is 5.82 Å². The molecule has 266 valence electrons. The smallest absolute Gasteiger partial charge is 0.138 e. The Bertz CT molecular complexity index is 3520. The maximum absolute atomic E-state index is 5.47. The predicted octanol–water partition coefficient (Wildman–Crippen LogP) is 13.1. The van der Waals surface area contributed by atoms with Crippen LogP contribution in [0.3, 0.4) is 0 Å². The van der Waals surface area contributed by atoms with Crippen molar-refractivity contribution in [2.45, 2.75) is 0 Å². The summed E-state index contributed by atoms with van der Waals surface area (Å²) in [6.07, 6.45) is 3.84. The van der Waals surface area contributed by atoms with E-state index in [1.54, 1.807) is 0 Å². The minimum Gasteiger partial charge on any atom is -0.309 e. The van der Waals surface area contributed by atoms with E-state index in [0.717, 1.165) is 61.4 Å². The Balaban J connectivity index is 1.09. The summed E-state index contributed by atoms with van der Waals surface area (Å²) in [6.45, 7) is 0. The zero-order valence-corrected chi connectivity index (χ0v) is 30.8. The fraction of sp³-hybridized carbons (Fsp3) is 0. The molecule has 0 aliphatic rings. The van der Waals surface area contributed by atoms with Gasteiger partial charge >= 0.3 is 0 Å². The summed E-state index contributed by atoms with van der Waals surface area (Å²) in [6, 6.07) is 67.3. The average molecular weight is 728 g/mol. The summed E-state index contributed by atoms with van der Waals surface area (Å²) in [4.78, 5) is 9.97. The van der Waals surface area contributed by atoms with Gasteiger partial charge in [-0.25, -0.2) is 4.98 Å². The van der Waals surface area contributed by atoms with E-state index in [4.69, 9.17) is 4.98 Å². The van der Waals surface area contributed by atoms with Crippen molar-refractivity contribution in [1.29, 1.82) is 0 Å². The molecule has 0 aliphatic carbocycles. The third kappa shape index (κ3) is 4.76. The lowest BCUT2D eigenvalue weighted by Gasteiger charge is -2.12. The van der Waals surface area contributed by atoms with Crippen molar-refractivity contribution in [2.24, 2.45) is 0 Å². The second kappa shape index (κ2) is 12.4. The molecule has 0 fully saturated rings. The average Bonchev–Trinajstić information content (AvgIpc) is 3.92. The van der Waals surface area contributed by atoms with Gasteiger partial charge in [-0.2, -0.15) is 0 Å². The van der Waals surface area contributed by atoms with Crippen molar-refractivity contribution >= 4 is 65.4 Å². The van der Waals surface area contributed by atoms with Crippen molar-refractivity contribution in [3.05, 3.63) is 200 Å². The maximum Gasteiger partial charge on any atom is 0.138 e. The molecule has 0 atom stereocenters. The topological polar surface area (TPSA) is 40.6 Å². The molecule has 12 rings (SSSR count). The second-order valence-corrected chi connectivity index (χ2v) is 14.7. The van der Waals surface area contributed by atoms with E-state index in [1.807, 2.05) is 12.4 Å². The van der Waals surface area contributed by atoms with Crippen LogP contribution in [0.25, 0.3) is 105 Å². The monoisotopic (exact) mass is 727 g/mol. The molecule has 0 unspecified atom stereocenters. The molecule has 0 saturated carbocycles. The number of para-hydroxylation sites is 3. The number of hydrogen-bond donors (Lipinski definition) is 0. The lowest BCUT2D eigenvalue weighted by molar-refractivity contribution is 1.09. The van der Waals surface area contributed by atoms with Gasteiger partial charge < -0.3 is 9.13 Å². The molecule has 7 aromatic carbocycles. The van der Waals surface area contributed by atoms with Gasteiger partial charge in [-0.15, -0.1) is 0 Å². The highest BCUT2D eigenvalue weighted by molar-refractivity contribution is 6.26. The van der Waals surface area contributed by atoms with Crippen LogP contribution in [0, 0.1) is 0 Å². The zero-order valence-electron chi connectivity index (χ0n) is 30.8. The predicted molar refractivity (Wildman–Crippen MR) is 236 cm³/mol. The molecule has 0 spiro atoms. The van der Waals surface area contributed by atoms with Crippen molar-refractivity contribution in [1.82, 2.24) is 23.7 Å². The van der Waals surface area contributed by atoms with Crippen LogP contribution in [0.1, 0.15) is 0 Å². The third-order valence-electron chi connectivity index (χ3n) is 11.5. The van der Waals surface area contributed by atoms with Crippen molar-refractivity contribution in [3.8, 4) is 39.6 Å². The van der Waals surface area contributed by atoms with Gasteiger partial charge in [-0.1, -0.05) is 115 Å². The van der Waals surface area contributed by atoms with Crippen molar-refractivity contribution in [3.63, 3.8) is 0 Å². The largest absolute Gasteiger partial charge is 0.309 e. The molecule has 0 radical (unpaired) electrons. The van der Waals surface area contributed by atoms with Crippen LogP contribution in [-0.2, 0) is 0 Å². The Morgan fingerprint density at radius 2 is 1.00 bits per heavy atom. The van der Waals surface area contributed by atoms with Gasteiger partial charge in [-0.3, -0.25) is 9.55 Å². The fourth-order valence-electron chi connectivity index (χ4n) is 9.07. The highest BCUT2D eigenvalue weighted by atomic mass is 15.1. The molecular formula is C52H33N5. The van der Waals surface area contributed by atoms with Gasteiger partial charge in [-0.05, 0) is 83.9 Å². The molecule has 0 bridgehead atoms. The number of rotatable bonds is 5. The van der Waals surface area contributed by atoms with Crippen molar-refractivity contribution < 1.29 is 0 Å². The van der Waals surface area contributed by atoms with E-state index in [1.165, 1.54) is 43.6 Å². The van der Waals surface area contributed by atoms with Crippen LogP contribution in [0.2, 0.25) is 0 Å². The van der Waals surface area contributed by atoms with Gasteiger partial charge in [0, 0.05) is 55.5 Å². The van der Waals surface area contributed by atoms with E-state index in [0.29, 0.717) is 0 Å². The standard InChI is InChI=1S/C52H33N5/c1-3-13-34(14-4-1)35-15-11-18-38(31-35)56-46-23-10-8-20-42(46)51-48(56)28-26-41-39-19-7-9-22-45(39)57(52(41)51)50-24-12-21-44(54-50)36-25-27-47-43(32-36)40-29-30-53-33-49(40)55(47)37-16-5-2-6-17-37/h1-33H. The number of benzene rings is 7. The Morgan fingerprint density at radius 1 is 0.351 bits per heavy atom. The van der Waals surface area contributed by atoms with Gasteiger partial charge in [0.25, 0.3) is 0 Å². The van der Waals surface area contributed by atoms with E-state index in [9.17, 15) is 0 Å². The minimum atomic E-state index is 0.880. The first kappa shape index (κ1) is 31.6. The number of aromatic nitrogens is 5. The van der Waals surface area contributed by atoms with Crippen molar-refractivity contribution in [2.75, 3.05) is 0 Å². The molecule has 0 N–H and O–H groups in total. The van der Waals surface area contributed by atoms with E-state index >= 15 is 0 Å². The Hall–Kier alpha value is -7.76. The molecule has 0 aliphatic heterocycles. The number of pyridine rings is 2. The highest BCUT2D eigenvalue weighted by Crippen LogP contribution is 2.42. The second-order valence-electron chi connectivity index (χ2n) is 14.7. The fourth-order valence-corrected chi connectivity index (χ4v) is 9.07. The first-order valence-corrected chi connectivity index (χ1v) is 19.3. The van der Waals surface area contributed by atoms with Gasteiger partial charge in [0.05, 0.1) is 45.0 Å². The summed E-state index contributed by atoms with van der Waals surface area (Å²) in [5.41, 5.74) is 13.4. The van der Waals surface area contributed by atoms with Gasteiger partial charge in [0.15, 0.2) is 0 Å². The summed E-state index contributed by atoms with van der Waals surface area (Å²) < 4.78 is 7.08. The van der Waals surface area contributed by atoms with Crippen LogP contribution >= 0.6 is 0 Å². The van der Waals surface area contributed by atoms with E-state index < -0.39 is 0 Å². The molecule has 12 aromatic rings. The number of nitrogens with zero attached hydrogens (tertiary/aromatic N) is 5. The first-order valence-electron chi connectivity index (χ1n) is 19.3. The molecular weight excluding hydrogens is 695 g/mol. The maximum atomic E-state index is 5.47. The number of fused-ring (bicyclic) bond motifs is 10. The van der Waals surface area contributed by atoms with Crippen LogP contribution < -0.4 is 0 Å². The Morgan fingerprint density at radius 3 is 1.86 bits per heavy atom. The molecule has 5 heteroatoms. The van der Waals surface area contributed by atoms with Crippen LogP contribution in [0.15, 0.2) is 200 Å². The Labute approximate surface area is 328 Å². The summed E-state index contributed by atoms with van der Waals surface area (Å²) >= 11 is 0. The molecule has 5 nitrogen and oxygen atoms in total. The first-order chi connectivity index (χ1) is 28.3. The number of hydrogen-bond acceptors (Lipinski definition) is 2. The summed E-state index contributed by atoms with van der Waals surface area (Å²) in [5, 5.41) is 7.16. The van der Waals surface area contributed by atoms with Crippen LogP contribution in [0.5, 0.6) is 0 Å². The lowest BCUT2D eigenvalue weighted by Crippen LogP contribution is -1.99. The lowest BCUT2D eigenvalue weighted by atomic mass is 10.1. The van der Waals surface area contributed by atoms with Gasteiger partial charge in [0.2, 0.25) is 0 Å². The molecule has 0 saturated heterocycles. The molecule has 5 heterocycles. The Kier molecular flexibility index (Phi) is 6.86. The summed E-state index contributed by atoms with van der Waals surface area (Å²) in [5.74, 6) is 0.880. The summed E-state index contributed by atoms with van der Waals surface area (Å²) in [7, 11) is 0. The van der Waals surface area contributed by atoms with E-state index in [2.05, 4.69) is 207 Å². The zero-order chi connectivity index (χ0) is 37.5. The van der Waals surface area contributed by atoms with Crippen LogP contribution in [-0.4, -0.2) is 23.7 Å². The highest BCUT2D eigenvalue weighted by Gasteiger charge is 2.22. The minimum absolute atomic E-state index is 0.880. The molecule has 57 heavy (non-hydrogen) atoms. The van der Waals surface area contributed by atoms with Crippen LogP contribution in [0.4, 0.5) is 0 Å². The third-order valence-corrected chi connectivity index (χ3v) is 11.5. The van der Waals surface area contributed by atoms with E-state index in [-0.39, 0.29) is 0 Å². The SMILES string of the molecule is c1ccc(-c2cccc(-n3c4ccccc4c4c3ccc3c5ccccc5n(-c5cccc(-c6ccc7c(c6)c6ccncc6n7-c6ccccc6)n5)c34)c2)cc1. The molecule has 5 aromatic heterocycles. The molecule has 0 amide bonds.